The number of ether oxygens (including phenoxy) is 1. The van der Waals surface area contributed by atoms with Crippen LogP contribution in [0.3, 0.4) is 0 Å². The number of halogens is 2. The van der Waals surface area contributed by atoms with E-state index in [-0.39, 0.29) is 27.1 Å². The van der Waals surface area contributed by atoms with Crippen LogP contribution in [0, 0.1) is 10.1 Å². The molecular formula is C14H10Cl2N4O5S. The Morgan fingerprint density at radius 1 is 1.35 bits per heavy atom. The lowest BCUT2D eigenvalue weighted by Crippen LogP contribution is -2.21. The van der Waals surface area contributed by atoms with Gasteiger partial charge in [-0.2, -0.15) is 0 Å². The number of nitro groups is 1. The molecule has 0 bridgehead atoms. The van der Waals surface area contributed by atoms with E-state index in [1.807, 2.05) is 0 Å². The minimum Gasteiger partial charge on any atom is -0.451 e. The fourth-order valence-electron chi connectivity index (χ4n) is 1.72. The summed E-state index contributed by atoms with van der Waals surface area (Å²) in [6.45, 7) is -0.635. The van der Waals surface area contributed by atoms with Gasteiger partial charge in [0, 0.05) is 11.8 Å². The monoisotopic (exact) mass is 416 g/mol. The second-order valence-electron chi connectivity index (χ2n) is 4.60. The Hall–Kier alpha value is -2.43. The van der Waals surface area contributed by atoms with Gasteiger partial charge in [-0.1, -0.05) is 35.0 Å². The van der Waals surface area contributed by atoms with Crippen molar-refractivity contribution in [1.29, 1.82) is 0 Å². The zero-order valence-electron chi connectivity index (χ0n) is 13.1. The number of nitrogens with zero attached hydrogens (tertiary/aromatic N) is 3. The van der Waals surface area contributed by atoms with Crippen LogP contribution in [0.25, 0.3) is 0 Å². The van der Waals surface area contributed by atoms with Gasteiger partial charge in [-0.05, 0) is 18.4 Å². The van der Waals surface area contributed by atoms with E-state index in [1.54, 1.807) is 6.26 Å². The van der Waals surface area contributed by atoms with Crippen LogP contribution >= 0.6 is 35.0 Å². The Bertz CT molecular complexity index is 880. The molecule has 136 valence electrons. The van der Waals surface area contributed by atoms with Gasteiger partial charge in [0.1, 0.15) is 5.02 Å². The highest BCUT2D eigenvalue weighted by Gasteiger charge is 2.18. The molecule has 0 spiro atoms. The van der Waals surface area contributed by atoms with E-state index < -0.39 is 23.4 Å². The van der Waals surface area contributed by atoms with Crippen LogP contribution in [0.2, 0.25) is 10.0 Å². The zero-order valence-corrected chi connectivity index (χ0v) is 15.4. The fraction of sp³-hybridized carbons (Fsp3) is 0.143. The maximum absolute atomic E-state index is 12.0. The van der Waals surface area contributed by atoms with Crippen molar-refractivity contribution in [3.8, 4) is 0 Å². The van der Waals surface area contributed by atoms with E-state index >= 15 is 0 Å². The molecule has 0 aliphatic carbocycles. The first-order valence-corrected chi connectivity index (χ1v) is 8.77. The molecule has 0 fully saturated rings. The standard InChI is InChI=1S/C14H10Cl2N4O5S/c1-26-14-17-5-9(16)12(19-14)13(22)25-6-11(21)18-7-2-3-8(15)10(4-7)20(23)24/h2-5H,6H2,1H3,(H,18,21). The third-order valence-electron chi connectivity index (χ3n) is 2.86. The molecule has 0 saturated heterocycles. The van der Waals surface area contributed by atoms with Crippen LogP contribution in [0.5, 0.6) is 0 Å². The average molecular weight is 417 g/mol. The molecule has 0 aliphatic heterocycles. The number of nitro benzene ring substituents is 1. The van der Waals surface area contributed by atoms with Crippen LogP contribution in [-0.2, 0) is 9.53 Å². The molecule has 1 aromatic heterocycles. The van der Waals surface area contributed by atoms with Gasteiger partial charge in [0.2, 0.25) is 0 Å². The molecule has 12 heteroatoms. The highest BCUT2D eigenvalue weighted by atomic mass is 35.5. The summed E-state index contributed by atoms with van der Waals surface area (Å²) in [6.07, 6.45) is 2.97. The minimum atomic E-state index is -0.898. The fourth-order valence-corrected chi connectivity index (χ4v) is 2.41. The quantitative estimate of drug-likeness (QED) is 0.250. The number of nitrogens with one attached hydrogen (secondary N) is 1. The molecule has 2 rings (SSSR count). The number of carbonyl (C=O) groups excluding carboxylic acids is 2. The first-order chi connectivity index (χ1) is 12.3. The SMILES string of the molecule is CSc1ncc(Cl)c(C(=O)OCC(=O)Nc2ccc(Cl)c([N+](=O)[O-])c2)n1. The lowest BCUT2D eigenvalue weighted by Gasteiger charge is -2.08. The van der Waals surface area contributed by atoms with Gasteiger partial charge in [0.15, 0.2) is 17.5 Å². The summed E-state index contributed by atoms with van der Waals surface area (Å²) in [5.41, 5.74) is -0.397. The van der Waals surface area contributed by atoms with Gasteiger partial charge >= 0.3 is 5.97 Å². The van der Waals surface area contributed by atoms with E-state index in [1.165, 1.54) is 30.1 Å². The second-order valence-corrected chi connectivity index (χ2v) is 6.19. The summed E-state index contributed by atoms with van der Waals surface area (Å²) in [4.78, 5) is 41.8. The molecule has 1 heterocycles. The minimum absolute atomic E-state index is 0.0125. The number of rotatable bonds is 6. The number of hydrogen-bond acceptors (Lipinski definition) is 8. The number of thioether (sulfide) groups is 1. The smallest absolute Gasteiger partial charge is 0.359 e. The highest BCUT2D eigenvalue weighted by Crippen LogP contribution is 2.27. The molecule has 2 aromatic rings. The summed E-state index contributed by atoms with van der Waals surface area (Å²) in [6, 6.07) is 3.74. The highest BCUT2D eigenvalue weighted by molar-refractivity contribution is 7.98. The van der Waals surface area contributed by atoms with Gasteiger partial charge in [-0.3, -0.25) is 14.9 Å². The van der Waals surface area contributed by atoms with Crippen molar-refractivity contribution >= 4 is 58.2 Å². The number of anilines is 1. The molecule has 0 aliphatic rings. The molecular weight excluding hydrogens is 407 g/mol. The second kappa shape index (κ2) is 8.79. The van der Waals surface area contributed by atoms with Crippen LogP contribution in [0.15, 0.2) is 29.6 Å². The molecule has 1 aromatic carbocycles. The molecule has 1 N–H and O–H groups in total. The van der Waals surface area contributed by atoms with Gasteiger partial charge < -0.3 is 10.1 Å². The Morgan fingerprint density at radius 2 is 2.08 bits per heavy atom. The van der Waals surface area contributed by atoms with Crippen molar-refractivity contribution in [2.75, 3.05) is 18.2 Å². The Balaban J connectivity index is 2.00. The molecule has 0 saturated carbocycles. The average Bonchev–Trinajstić information content (AvgIpc) is 2.61. The lowest BCUT2D eigenvalue weighted by atomic mass is 10.3. The molecule has 9 nitrogen and oxygen atoms in total. The molecule has 26 heavy (non-hydrogen) atoms. The summed E-state index contributed by atoms with van der Waals surface area (Å²) in [5, 5.41) is 13.4. The number of carbonyl (C=O) groups is 2. The Morgan fingerprint density at radius 3 is 2.73 bits per heavy atom. The molecule has 1 amide bonds. The topological polar surface area (TPSA) is 124 Å². The molecule has 0 radical (unpaired) electrons. The molecule has 0 unspecified atom stereocenters. The lowest BCUT2D eigenvalue weighted by molar-refractivity contribution is -0.384. The summed E-state index contributed by atoms with van der Waals surface area (Å²) in [5.74, 6) is -1.60. The van der Waals surface area contributed by atoms with Crippen molar-refractivity contribution in [3.05, 3.63) is 50.2 Å². The third-order valence-corrected chi connectivity index (χ3v) is 4.02. The number of amides is 1. The van der Waals surface area contributed by atoms with Crippen LogP contribution in [0.4, 0.5) is 11.4 Å². The molecule has 0 atom stereocenters. The van der Waals surface area contributed by atoms with Gasteiger partial charge in [-0.15, -0.1) is 0 Å². The van der Waals surface area contributed by atoms with Gasteiger partial charge in [0.25, 0.3) is 11.6 Å². The first kappa shape index (κ1) is 19.9. The van der Waals surface area contributed by atoms with Gasteiger partial charge in [-0.25, -0.2) is 14.8 Å². The van der Waals surface area contributed by atoms with E-state index in [0.717, 1.165) is 6.07 Å². The van der Waals surface area contributed by atoms with Crippen LogP contribution < -0.4 is 5.32 Å². The summed E-state index contributed by atoms with van der Waals surface area (Å²) < 4.78 is 4.85. The van der Waals surface area contributed by atoms with Crippen LogP contribution in [0.1, 0.15) is 10.5 Å². The predicted molar refractivity (Wildman–Crippen MR) is 95.8 cm³/mol. The van der Waals surface area contributed by atoms with Gasteiger partial charge in [0.05, 0.1) is 16.1 Å². The zero-order chi connectivity index (χ0) is 19.3. The van der Waals surface area contributed by atoms with Crippen molar-refractivity contribution in [2.24, 2.45) is 0 Å². The van der Waals surface area contributed by atoms with E-state index in [4.69, 9.17) is 27.9 Å². The maximum Gasteiger partial charge on any atom is 0.359 e. The van der Waals surface area contributed by atoms with Crippen molar-refractivity contribution in [3.63, 3.8) is 0 Å². The number of benzene rings is 1. The largest absolute Gasteiger partial charge is 0.451 e. The van der Waals surface area contributed by atoms with Crippen molar-refractivity contribution < 1.29 is 19.2 Å². The predicted octanol–water partition coefficient (Wildman–Crippen LogP) is 3.21. The number of hydrogen-bond donors (Lipinski definition) is 1. The van der Waals surface area contributed by atoms with E-state index in [2.05, 4.69) is 15.3 Å². The summed E-state index contributed by atoms with van der Waals surface area (Å²) in [7, 11) is 0. The summed E-state index contributed by atoms with van der Waals surface area (Å²) >= 11 is 12.7. The van der Waals surface area contributed by atoms with Crippen molar-refractivity contribution in [2.45, 2.75) is 5.16 Å². The van der Waals surface area contributed by atoms with Crippen LogP contribution in [-0.4, -0.2) is 39.6 Å². The Kier molecular flexibility index (Phi) is 6.72. The Labute approximate surface area is 161 Å². The van der Waals surface area contributed by atoms with E-state index in [9.17, 15) is 19.7 Å². The van der Waals surface area contributed by atoms with Crippen molar-refractivity contribution in [1.82, 2.24) is 9.97 Å². The third kappa shape index (κ3) is 5.04. The maximum atomic E-state index is 12.0. The van der Waals surface area contributed by atoms with E-state index in [0.29, 0.717) is 5.16 Å². The normalized spacial score (nSPS) is 10.3. The first-order valence-electron chi connectivity index (χ1n) is 6.79. The number of esters is 1. The number of aromatic nitrogens is 2.